The predicted molar refractivity (Wildman–Crippen MR) is 114 cm³/mol. The van der Waals surface area contributed by atoms with Crippen molar-refractivity contribution in [3.8, 4) is 0 Å². The molecule has 0 aromatic carbocycles. The van der Waals surface area contributed by atoms with Crippen LogP contribution in [0.4, 0.5) is 0 Å². The van der Waals surface area contributed by atoms with Gasteiger partial charge in [0, 0.05) is 58.0 Å². The van der Waals surface area contributed by atoms with Gasteiger partial charge < -0.3 is 14.7 Å². The summed E-state index contributed by atoms with van der Waals surface area (Å²) in [5.41, 5.74) is 0.348. The average Bonchev–Trinajstić information content (AvgIpc) is 3.50. The molecule has 4 aliphatic rings. The van der Waals surface area contributed by atoms with E-state index in [2.05, 4.69) is 36.6 Å². The van der Waals surface area contributed by atoms with Crippen molar-refractivity contribution in [1.82, 2.24) is 9.80 Å². The van der Waals surface area contributed by atoms with E-state index in [1.807, 2.05) is 0 Å². The van der Waals surface area contributed by atoms with Crippen molar-refractivity contribution in [3.63, 3.8) is 0 Å². The summed E-state index contributed by atoms with van der Waals surface area (Å²) in [5, 5.41) is 11.7. The highest BCUT2D eigenvalue weighted by Crippen LogP contribution is 2.51. The van der Waals surface area contributed by atoms with Crippen molar-refractivity contribution < 1.29 is 14.6 Å². The molecule has 164 valence electrons. The van der Waals surface area contributed by atoms with Crippen LogP contribution in [0.25, 0.3) is 0 Å². The minimum absolute atomic E-state index is 0.167. The van der Waals surface area contributed by atoms with Crippen molar-refractivity contribution in [1.29, 1.82) is 0 Å². The van der Waals surface area contributed by atoms with Crippen LogP contribution >= 0.6 is 0 Å². The Balaban J connectivity index is 1.43. The standard InChI is InChI=1S/C24H40N2O3/c1-16-13-22-21(8-5-18(3)24(22,28)14-23(16)29-19(4)27)17(2)15-25-9-11-26(12-10-25)20-6-7-20/h13,17-18,20-23,28H,5-12,14-15H2,1-4H3/t17-,18-,21+,22-,23-,24-/m1/s1. The highest BCUT2D eigenvalue weighted by atomic mass is 16.5. The fraction of sp³-hybridized carbons (Fsp3) is 0.875. The van der Waals surface area contributed by atoms with Gasteiger partial charge in [0.1, 0.15) is 6.10 Å². The third-order valence-electron chi connectivity index (χ3n) is 8.34. The van der Waals surface area contributed by atoms with E-state index in [1.165, 1.54) is 52.4 Å². The van der Waals surface area contributed by atoms with Crippen LogP contribution < -0.4 is 0 Å². The summed E-state index contributed by atoms with van der Waals surface area (Å²) in [6.07, 6.45) is 7.55. The van der Waals surface area contributed by atoms with Crippen LogP contribution in [0.5, 0.6) is 0 Å². The number of hydrogen-bond donors (Lipinski definition) is 1. The fourth-order valence-corrected chi connectivity index (χ4v) is 6.29. The van der Waals surface area contributed by atoms with Gasteiger partial charge in [-0.3, -0.25) is 9.69 Å². The third-order valence-corrected chi connectivity index (χ3v) is 8.34. The maximum absolute atomic E-state index is 11.7. The quantitative estimate of drug-likeness (QED) is 0.564. The molecule has 1 N–H and O–H groups in total. The van der Waals surface area contributed by atoms with Crippen molar-refractivity contribution >= 4 is 5.97 Å². The zero-order valence-corrected chi connectivity index (χ0v) is 18.8. The second-order valence-corrected chi connectivity index (χ2v) is 10.4. The third kappa shape index (κ3) is 4.42. The van der Waals surface area contributed by atoms with Gasteiger partial charge >= 0.3 is 5.97 Å². The first-order valence-corrected chi connectivity index (χ1v) is 11.8. The van der Waals surface area contributed by atoms with Crippen molar-refractivity contribution in [2.75, 3.05) is 32.7 Å². The Labute approximate surface area is 176 Å². The second-order valence-electron chi connectivity index (χ2n) is 10.4. The molecule has 29 heavy (non-hydrogen) atoms. The Bertz CT molecular complexity index is 638. The van der Waals surface area contributed by atoms with Gasteiger partial charge in [-0.25, -0.2) is 0 Å². The van der Waals surface area contributed by atoms with Crippen LogP contribution in [0.3, 0.4) is 0 Å². The van der Waals surface area contributed by atoms with Crippen molar-refractivity contribution in [2.45, 2.75) is 77.5 Å². The van der Waals surface area contributed by atoms with Gasteiger partial charge in [0.25, 0.3) is 0 Å². The summed E-state index contributed by atoms with van der Waals surface area (Å²) >= 11 is 0. The topological polar surface area (TPSA) is 53.0 Å². The molecule has 6 atom stereocenters. The number of ether oxygens (including phenoxy) is 1. The number of aliphatic hydroxyl groups is 1. The maximum atomic E-state index is 11.7. The molecule has 2 saturated carbocycles. The minimum Gasteiger partial charge on any atom is -0.458 e. The second kappa shape index (κ2) is 8.32. The lowest BCUT2D eigenvalue weighted by Gasteiger charge is -2.53. The normalized spacial score (nSPS) is 40.1. The summed E-state index contributed by atoms with van der Waals surface area (Å²) in [6.45, 7) is 14.0. The monoisotopic (exact) mass is 404 g/mol. The Morgan fingerprint density at radius 1 is 1.24 bits per heavy atom. The summed E-state index contributed by atoms with van der Waals surface area (Å²) in [7, 11) is 0. The lowest BCUT2D eigenvalue weighted by Crippen LogP contribution is -2.56. The zero-order valence-electron chi connectivity index (χ0n) is 18.8. The van der Waals surface area contributed by atoms with E-state index in [9.17, 15) is 9.90 Å². The molecule has 5 nitrogen and oxygen atoms in total. The lowest BCUT2D eigenvalue weighted by atomic mass is 9.57. The Morgan fingerprint density at radius 2 is 1.93 bits per heavy atom. The molecule has 0 radical (unpaired) electrons. The summed E-state index contributed by atoms with van der Waals surface area (Å²) < 4.78 is 5.54. The highest BCUT2D eigenvalue weighted by Gasteiger charge is 2.52. The van der Waals surface area contributed by atoms with Gasteiger partial charge in [-0.1, -0.05) is 19.9 Å². The van der Waals surface area contributed by atoms with E-state index in [0.29, 0.717) is 18.3 Å². The molecule has 3 aliphatic carbocycles. The number of carbonyl (C=O) groups excluding carboxylic acids is 1. The molecule has 0 unspecified atom stereocenters. The van der Waals surface area contributed by atoms with Crippen LogP contribution in [-0.4, -0.2) is 71.3 Å². The molecule has 0 aromatic rings. The molecule has 3 fully saturated rings. The first-order valence-electron chi connectivity index (χ1n) is 11.8. The van der Waals surface area contributed by atoms with E-state index in [-0.39, 0.29) is 23.9 Å². The molecule has 4 rings (SSSR count). The smallest absolute Gasteiger partial charge is 0.303 e. The number of piperazine rings is 1. The van der Waals surface area contributed by atoms with Crippen molar-refractivity contribution in [2.24, 2.45) is 23.7 Å². The Kier molecular flexibility index (Phi) is 6.12. The van der Waals surface area contributed by atoms with Gasteiger partial charge in [0.15, 0.2) is 0 Å². The largest absolute Gasteiger partial charge is 0.458 e. The van der Waals surface area contributed by atoms with Gasteiger partial charge in [0.2, 0.25) is 0 Å². The van der Waals surface area contributed by atoms with Gasteiger partial charge in [-0.05, 0) is 55.9 Å². The molecular formula is C24H40N2O3. The van der Waals surface area contributed by atoms with Crippen LogP contribution in [0.1, 0.15) is 59.8 Å². The minimum atomic E-state index is -0.762. The van der Waals surface area contributed by atoms with Gasteiger partial charge in [0.05, 0.1) is 5.60 Å². The molecule has 0 amide bonds. The Hall–Kier alpha value is -0.910. The van der Waals surface area contributed by atoms with E-state index in [0.717, 1.165) is 24.6 Å². The van der Waals surface area contributed by atoms with E-state index >= 15 is 0 Å². The number of nitrogens with zero attached hydrogens (tertiary/aromatic N) is 2. The predicted octanol–water partition coefficient (Wildman–Crippen LogP) is 3.08. The van der Waals surface area contributed by atoms with Crippen LogP contribution in [0.15, 0.2) is 11.6 Å². The van der Waals surface area contributed by atoms with E-state index < -0.39 is 5.60 Å². The number of carbonyl (C=O) groups is 1. The van der Waals surface area contributed by atoms with Crippen LogP contribution in [0, 0.1) is 23.7 Å². The lowest BCUT2D eigenvalue weighted by molar-refractivity contribution is -0.159. The number of fused-ring (bicyclic) bond motifs is 1. The average molecular weight is 405 g/mol. The molecule has 0 aromatic heterocycles. The highest BCUT2D eigenvalue weighted by molar-refractivity contribution is 5.66. The number of rotatable bonds is 5. The first-order chi connectivity index (χ1) is 13.8. The summed E-state index contributed by atoms with van der Waals surface area (Å²) in [4.78, 5) is 16.8. The number of hydrogen-bond acceptors (Lipinski definition) is 5. The SMILES string of the molecule is CC(=O)O[C@@H]1C[C@@]2(O)[C@H](C)CC[C@@H]([C@H](C)CN3CCN(C4CC4)CC3)[C@H]2C=C1C. The van der Waals surface area contributed by atoms with Gasteiger partial charge in [-0.15, -0.1) is 0 Å². The number of esters is 1. The molecule has 0 spiro atoms. The van der Waals surface area contributed by atoms with Crippen molar-refractivity contribution in [3.05, 3.63) is 11.6 Å². The summed E-state index contributed by atoms with van der Waals surface area (Å²) in [6, 6.07) is 0.880. The molecule has 5 heteroatoms. The van der Waals surface area contributed by atoms with Crippen LogP contribution in [-0.2, 0) is 9.53 Å². The maximum Gasteiger partial charge on any atom is 0.303 e. The molecule has 0 bridgehead atoms. The fourth-order valence-electron chi connectivity index (χ4n) is 6.29. The van der Waals surface area contributed by atoms with Gasteiger partial charge in [-0.2, -0.15) is 0 Å². The molecular weight excluding hydrogens is 364 g/mol. The van der Waals surface area contributed by atoms with Crippen LogP contribution in [0.2, 0.25) is 0 Å². The zero-order chi connectivity index (χ0) is 20.8. The molecule has 1 saturated heterocycles. The van der Waals surface area contributed by atoms with E-state index in [4.69, 9.17) is 4.74 Å². The van der Waals surface area contributed by atoms with E-state index in [1.54, 1.807) is 0 Å². The molecule has 1 heterocycles. The summed E-state index contributed by atoms with van der Waals surface area (Å²) in [5.74, 6) is 1.19. The Morgan fingerprint density at radius 3 is 2.55 bits per heavy atom. The molecule has 1 aliphatic heterocycles. The first kappa shape index (κ1) is 21.3.